The Morgan fingerprint density at radius 2 is 1.91 bits per heavy atom. The Balaban J connectivity index is 1.19. The van der Waals surface area contributed by atoms with Gasteiger partial charge in [0.25, 0.3) is 5.91 Å². The third kappa shape index (κ3) is 4.45. The van der Waals surface area contributed by atoms with Crippen molar-refractivity contribution in [1.29, 1.82) is 0 Å². The normalized spacial score (nSPS) is 23.8. The highest BCUT2D eigenvalue weighted by Gasteiger charge is 2.53. The van der Waals surface area contributed by atoms with E-state index in [0.717, 1.165) is 63.3 Å². The average Bonchev–Trinajstić information content (AvgIpc) is 3.58. The van der Waals surface area contributed by atoms with Crippen LogP contribution in [0.4, 0.5) is 4.79 Å². The summed E-state index contributed by atoms with van der Waals surface area (Å²) in [5.74, 6) is 1.45. The minimum atomic E-state index is -0.0879. The Bertz CT molecular complexity index is 841. The topological polar surface area (TPSA) is 62.3 Å². The largest absolute Gasteiger partial charge is 0.484 e. The number of urea groups is 1. The maximum Gasteiger partial charge on any atom is 0.320 e. The first-order valence-electron chi connectivity index (χ1n) is 12.2. The number of hydrogen-bond acceptors (Lipinski definition) is 4. The zero-order valence-electron chi connectivity index (χ0n) is 19.1. The molecule has 5 rings (SSSR count). The molecular weight excluding hydrogens is 406 g/mol. The third-order valence-electron chi connectivity index (χ3n) is 7.61. The molecule has 0 aromatic heterocycles. The molecule has 4 fully saturated rings. The lowest BCUT2D eigenvalue weighted by Crippen LogP contribution is -2.58. The molecule has 4 aliphatic rings. The van der Waals surface area contributed by atoms with Crippen LogP contribution in [0.25, 0.3) is 0 Å². The van der Waals surface area contributed by atoms with Crippen LogP contribution in [0.3, 0.4) is 0 Å². The second-order valence-corrected chi connectivity index (χ2v) is 10.0. The number of piperidine rings is 1. The molecule has 0 unspecified atom stereocenters. The van der Waals surface area contributed by atoms with E-state index in [0.29, 0.717) is 19.0 Å². The third-order valence-corrected chi connectivity index (χ3v) is 7.61. The number of hydrogen-bond donors (Lipinski definition) is 0. The van der Waals surface area contributed by atoms with Gasteiger partial charge in [-0.15, -0.1) is 0 Å². The van der Waals surface area contributed by atoms with Crippen LogP contribution >= 0.6 is 0 Å². The summed E-state index contributed by atoms with van der Waals surface area (Å²) >= 11 is 0. The van der Waals surface area contributed by atoms with E-state index in [1.807, 2.05) is 36.1 Å². The molecule has 0 N–H and O–H groups in total. The van der Waals surface area contributed by atoms with Crippen molar-refractivity contribution in [2.75, 3.05) is 46.0 Å². The molecule has 7 heteroatoms. The van der Waals surface area contributed by atoms with E-state index in [1.54, 1.807) is 0 Å². The fraction of sp³-hybridized carbons (Fsp3) is 0.680. The number of carbonyl (C=O) groups excluding carboxylic acids is 2. The van der Waals surface area contributed by atoms with Gasteiger partial charge < -0.3 is 24.2 Å². The van der Waals surface area contributed by atoms with Gasteiger partial charge in [-0.2, -0.15) is 0 Å². The van der Waals surface area contributed by atoms with Gasteiger partial charge in [-0.3, -0.25) is 4.79 Å². The number of aryl methyl sites for hydroxylation is 1. The highest BCUT2D eigenvalue weighted by atomic mass is 16.5. The van der Waals surface area contributed by atoms with E-state index >= 15 is 0 Å². The molecule has 32 heavy (non-hydrogen) atoms. The molecule has 3 saturated heterocycles. The van der Waals surface area contributed by atoms with E-state index in [-0.39, 0.29) is 30.1 Å². The number of nitrogens with zero attached hydrogens (tertiary/aromatic N) is 3. The van der Waals surface area contributed by atoms with Gasteiger partial charge in [-0.25, -0.2) is 4.79 Å². The van der Waals surface area contributed by atoms with Crippen LogP contribution in [0.15, 0.2) is 24.3 Å². The lowest BCUT2D eigenvalue weighted by Gasteiger charge is -2.46. The average molecular weight is 442 g/mol. The van der Waals surface area contributed by atoms with Gasteiger partial charge in [0.2, 0.25) is 0 Å². The molecule has 1 aromatic carbocycles. The van der Waals surface area contributed by atoms with Gasteiger partial charge in [0, 0.05) is 45.4 Å². The predicted molar refractivity (Wildman–Crippen MR) is 121 cm³/mol. The quantitative estimate of drug-likeness (QED) is 0.681. The number of carbonyl (C=O) groups is 2. The van der Waals surface area contributed by atoms with Gasteiger partial charge in [-0.05, 0) is 69.1 Å². The summed E-state index contributed by atoms with van der Waals surface area (Å²) in [6.45, 7) is 6.65. The molecule has 1 aromatic rings. The zero-order chi connectivity index (χ0) is 22.1. The van der Waals surface area contributed by atoms with Crippen LogP contribution in [0, 0.1) is 12.8 Å². The first-order valence-corrected chi connectivity index (χ1v) is 12.2. The standard InChI is InChI=1S/C25H35N3O4/c1-19-3-2-4-22(15-19)32-17-23(29)26-11-7-21(8-12-26)28-24(30)27(16-20-5-6-20)18-25(28)9-13-31-14-10-25/h2-4,15,20-21H,5-14,16-18H2,1H3. The number of likely N-dealkylation sites (tertiary alicyclic amines) is 1. The number of amides is 3. The van der Waals surface area contributed by atoms with E-state index in [9.17, 15) is 9.59 Å². The molecule has 7 nitrogen and oxygen atoms in total. The summed E-state index contributed by atoms with van der Waals surface area (Å²) in [6.07, 6.45) is 6.02. The molecule has 174 valence electrons. The maximum atomic E-state index is 13.5. The Morgan fingerprint density at radius 1 is 1.16 bits per heavy atom. The van der Waals surface area contributed by atoms with Gasteiger partial charge in [0.1, 0.15) is 5.75 Å². The molecule has 1 spiro atoms. The van der Waals surface area contributed by atoms with Gasteiger partial charge in [0.15, 0.2) is 6.61 Å². The molecule has 3 aliphatic heterocycles. The monoisotopic (exact) mass is 441 g/mol. The Hall–Kier alpha value is -2.28. The second-order valence-electron chi connectivity index (χ2n) is 10.0. The van der Waals surface area contributed by atoms with Gasteiger partial charge >= 0.3 is 6.03 Å². The van der Waals surface area contributed by atoms with Crippen molar-refractivity contribution in [2.45, 2.75) is 57.0 Å². The first kappa shape index (κ1) is 21.6. The lowest BCUT2D eigenvalue weighted by atomic mass is 9.86. The molecule has 3 heterocycles. The summed E-state index contributed by atoms with van der Waals surface area (Å²) in [6, 6.07) is 8.19. The number of rotatable bonds is 6. The smallest absolute Gasteiger partial charge is 0.320 e. The van der Waals surface area contributed by atoms with Crippen molar-refractivity contribution in [3.05, 3.63) is 29.8 Å². The van der Waals surface area contributed by atoms with E-state index in [4.69, 9.17) is 9.47 Å². The molecule has 3 amide bonds. The highest BCUT2D eigenvalue weighted by molar-refractivity contribution is 5.79. The van der Waals surface area contributed by atoms with Crippen LogP contribution in [-0.2, 0) is 9.53 Å². The zero-order valence-corrected chi connectivity index (χ0v) is 19.1. The fourth-order valence-corrected chi connectivity index (χ4v) is 5.62. The van der Waals surface area contributed by atoms with Crippen molar-refractivity contribution in [2.24, 2.45) is 5.92 Å². The van der Waals surface area contributed by atoms with Crippen molar-refractivity contribution in [3.63, 3.8) is 0 Å². The van der Waals surface area contributed by atoms with Crippen molar-refractivity contribution in [3.8, 4) is 5.75 Å². The number of ether oxygens (including phenoxy) is 2. The summed E-state index contributed by atoms with van der Waals surface area (Å²) < 4.78 is 11.4. The molecule has 1 aliphatic carbocycles. The van der Waals surface area contributed by atoms with Gasteiger partial charge in [0.05, 0.1) is 5.54 Å². The van der Waals surface area contributed by atoms with Crippen molar-refractivity contribution in [1.82, 2.24) is 14.7 Å². The summed E-state index contributed by atoms with van der Waals surface area (Å²) in [5.41, 5.74) is 1.03. The summed E-state index contributed by atoms with van der Waals surface area (Å²) in [7, 11) is 0. The highest BCUT2D eigenvalue weighted by Crippen LogP contribution is 2.41. The molecule has 0 radical (unpaired) electrons. The van der Waals surface area contributed by atoms with Crippen LogP contribution in [0.1, 0.15) is 44.1 Å². The molecule has 0 bridgehead atoms. The Morgan fingerprint density at radius 3 is 2.59 bits per heavy atom. The lowest BCUT2D eigenvalue weighted by molar-refractivity contribution is -0.135. The fourth-order valence-electron chi connectivity index (χ4n) is 5.62. The molecule has 1 saturated carbocycles. The van der Waals surface area contributed by atoms with Crippen LogP contribution in [0.5, 0.6) is 5.75 Å². The van der Waals surface area contributed by atoms with Crippen molar-refractivity contribution >= 4 is 11.9 Å². The summed E-state index contributed by atoms with van der Waals surface area (Å²) in [4.78, 5) is 32.4. The summed E-state index contributed by atoms with van der Waals surface area (Å²) in [5, 5.41) is 0. The maximum absolute atomic E-state index is 13.5. The van der Waals surface area contributed by atoms with Crippen molar-refractivity contribution < 1.29 is 19.1 Å². The number of benzene rings is 1. The molecule has 0 atom stereocenters. The van der Waals surface area contributed by atoms with Crippen LogP contribution < -0.4 is 4.74 Å². The van der Waals surface area contributed by atoms with E-state index in [2.05, 4.69) is 9.80 Å². The minimum Gasteiger partial charge on any atom is -0.484 e. The van der Waals surface area contributed by atoms with Gasteiger partial charge in [-0.1, -0.05) is 12.1 Å². The predicted octanol–water partition coefficient (Wildman–Crippen LogP) is 3.06. The van der Waals surface area contributed by atoms with E-state index in [1.165, 1.54) is 12.8 Å². The van der Waals surface area contributed by atoms with E-state index < -0.39 is 0 Å². The van der Waals surface area contributed by atoms with Crippen LogP contribution in [-0.4, -0.2) is 84.2 Å². The second kappa shape index (κ2) is 8.93. The minimum absolute atomic E-state index is 0.0221. The first-order chi connectivity index (χ1) is 15.5. The Labute approximate surface area is 190 Å². The Kier molecular flexibility index (Phi) is 6.01. The SMILES string of the molecule is Cc1cccc(OCC(=O)N2CCC(N3C(=O)N(CC4CC4)CC34CCOCC4)CC2)c1. The van der Waals surface area contributed by atoms with Crippen LogP contribution in [0.2, 0.25) is 0 Å². The molecular formula is C25H35N3O4.